The average molecular weight is 269 g/mol. The maximum Gasteiger partial charge on any atom is 0.123 e. The van der Waals surface area contributed by atoms with E-state index in [0.717, 1.165) is 23.6 Å². The van der Waals surface area contributed by atoms with E-state index in [2.05, 4.69) is 41.1 Å². The van der Waals surface area contributed by atoms with Gasteiger partial charge < -0.3 is 4.74 Å². The Bertz CT molecular complexity index is 331. The summed E-state index contributed by atoms with van der Waals surface area (Å²) in [5.74, 6) is 1.85. The van der Waals surface area contributed by atoms with Gasteiger partial charge in [-0.05, 0) is 31.7 Å². The van der Waals surface area contributed by atoms with Gasteiger partial charge in [-0.1, -0.05) is 40.0 Å². The first-order valence-electron chi connectivity index (χ1n) is 5.58. The number of alkyl halides is 1. The van der Waals surface area contributed by atoms with Crippen molar-refractivity contribution in [2.45, 2.75) is 31.5 Å². The first-order chi connectivity index (χ1) is 7.29. The van der Waals surface area contributed by atoms with Gasteiger partial charge in [-0.15, -0.1) is 0 Å². The van der Waals surface area contributed by atoms with E-state index in [9.17, 15) is 0 Å². The van der Waals surface area contributed by atoms with Crippen molar-refractivity contribution in [1.29, 1.82) is 0 Å². The molecule has 0 bridgehead atoms. The summed E-state index contributed by atoms with van der Waals surface area (Å²) in [5, 5.41) is 0.870. The van der Waals surface area contributed by atoms with Crippen molar-refractivity contribution in [3.63, 3.8) is 0 Å². The molecule has 1 aromatic rings. The van der Waals surface area contributed by atoms with Crippen LogP contribution in [0.3, 0.4) is 0 Å². The summed E-state index contributed by atoms with van der Waals surface area (Å²) in [4.78, 5) is 0. The smallest absolute Gasteiger partial charge is 0.123 e. The average Bonchev–Trinajstić information content (AvgIpc) is 2.17. The van der Waals surface area contributed by atoms with Gasteiger partial charge in [0.05, 0.1) is 6.61 Å². The Balaban J connectivity index is 1.99. The highest BCUT2D eigenvalue weighted by atomic mass is 79.9. The van der Waals surface area contributed by atoms with Crippen LogP contribution in [0.15, 0.2) is 18.2 Å². The molecular weight excluding hydrogens is 252 g/mol. The van der Waals surface area contributed by atoms with Crippen LogP contribution in [0, 0.1) is 12.8 Å². The van der Waals surface area contributed by atoms with Gasteiger partial charge in [0.15, 0.2) is 0 Å². The minimum absolute atomic E-state index is 0.800. The Labute approximate surface area is 100.0 Å². The molecule has 2 heteroatoms. The quantitative estimate of drug-likeness (QED) is 0.749. The normalized spacial score (nSPS) is 16.1. The second-order valence-corrected chi connectivity index (χ2v) is 4.91. The van der Waals surface area contributed by atoms with E-state index in [4.69, 9.17) is 4.74 Å². The molecule has 0 radical (unpaired) electrons. The zero-order valence-corrected chi connectivity index (χ0v) is 10.7. The Kier molecular flexibility index (Phi) is 3.68. The summed E-state index contributed by atoms with van der Waals surface area (Å²) in [5.41, 5.74) is 2.55. The number of ether oxygens (including phenoxy) is 1. The number of hydrogen-bond acceptors (Lipinski definition) is 1. The van der Waals surface area contributed by atoms with Gasteiger partial charge in [-0.3, -0.25) is 0 Å². The Morgan fingerprint density at radius 2 is 2.20 bits per heavy atom. The lowest BCUT2D eigenvalue weighted by Gasteiger charge is -2.25. The summed E-state index contributed by atoms with van der Waals surface area (Å²) in [6.07, 6.45) is 4.07. The van der Waals surface area contributed by atoms with Crippen molar-refractivity contribution in [2.24, 2.45) is 5.92 Å². The topological polar surface area (TPSA) is 9.23 Å². The van der Waals surface area contributed by atoms with Gasteiger partial charge in [0, 0.05) is 10.9 Å². The van der Waals surface area contributed by atoms with E-state index >= 15 is 0 Å². The first kappa shape index (κ1) is 11.0. The lowest BCUT2D eigenvalue weighted by Crippen LogP contribution is -2.19. The third kappa shape index (κ3) is 2.75. The Morgan fingerprint density at radius 1 is 1.40 bits per heavy atom. The summed E-state index contributed by atoms with van der Waals surface area (Å²) in [7, 11) is 0. The molecule has 2 rings (SSSR count). The van der Waals surface area contributed by atoms with E-state index in [1.165, 1.54) is 30.4 Å². The molecule has 1 aliphatic carbocycles. The second kappa shape index (κ2) is 5.02. The Morgan fingerprint density at radius 3 is 2.80 bits per heavy atom. The van der Waals surface area contributed by atoms with E-state index in [1.54, 1.807) is 0 Å². The van der Waals surface area contributed by atoms with Gasteiger partial charge >= 0.3 is 0 Å². The summed E-state index contributed by atoms with van der Waals surface area (Å²) >= 11 is 3.50. The van der Waals surface area contributed by atoms with Crippen LogP contribution < -0.4 is 4.74 Å². The molecule has 0 amide bonds. The first-order valence-corrected chi connectivity index (χ1v) is 6.70. The van der Waals surface area contributed by atoms with Crippen LogP contribution in [0.5, 0.6) is 5.75 Å². The SMILES string of the molecule is Cc1ccc(OCC2CCC2)c(CBr)c1. The van der Waals surface area contributed by atoms with Gasteiger partial charge in [-0.25, -0.2) is 0 Å². The molecule has 0 atom stereocenters. The predicted octanol–water partition coefficient (Wildman–Crippen LogP) is 4.07. The highest BCUT2D eigenvalue weighted by Crippen LogP contribution is 2.29. The molecule has 82 valence electrons. The second-order valence-electron chi connectivity index (χ2n) is 4.35. The van der Waals surface area contributed by atoms with Gasteiger partial charge in [0.1, 0.15) is 5.75 Å². The van der Waals surface area contributed by atoms with Crippen molar-refractivity contribution in [1.82, 2.24) is 0 Å². The lowest BCUT2D eigenvalue weighted by atomic mass is 9.86. The molecule has 15 heavy (non-hydrogen) atoms. The molecule has 1 nitrogen and oxygen atoms in total. The number of aryl methyl sites for hydroxylation is 1. The fourth-order valence-electron chi connectivity index (χ4n) is 1.82. The number of halogens is 1. The minimum atomic E-state index is 0.800. The largest absolute Gasteiger partial charge is 0.493 e. The number of benzene rings is 1. The third-order valence-corrected chi connectivity index (χ3v) is 3.66. The molecule has 0 N–H and O–H groups in total. The van der Waals surface area contributed by atoms with Crippen molar-refractivity contribution in [3.05, 3.63) is 29.3 Å². The molecule has 0 aromatic heterocycles. The van der Waals surface area contributed by atoms with Crippen molar-refractivity contribution in [3.8, 4) is 5.75 Å². The maximum absolute atomic E-state index is 5.86. The maximum atomic E-state index is 5.86. The summed E-state index contributed by atoms with van der Waals surface area (Å²) in [6.45, 7) is 3.00. The molecule has 0 unspecified atom stereocenters. The van der Waals surface area contributed by atoms with Crippen LogP contribution in [0.4, 0.5) is 0 Å². The van der Waals surface area contributed by atoms with Crippen LogP contribution in [0.2, 0.25) is 0 Å². The molecule has 1 aliphatic rings. The highest BCUT2D eigenvalue weighted by Gasteiger charge is 2.18. The van der Waals surface area contributed by atoms with E-state index < -0.39 is 0 Å². The zero-order chi connectivity index (χ0) is 10.7. The molecule has 0 spiro atoms. The minimum Gasteiger partial charge on any atom is -0.493 e. The standard InChI is InChI=1S/C13H17BrO/c1-10-5-6-13(12(7-10)8-14)15-9-11-3-2-4-11/h5-7,11H,2-4,8-9H2,1H3. The summed E-state index contributed by atoms with van der Waals surface area (Å²) in [6, 6.07) is 6.39. The fourth-order valence-corrected chi connectivity index (χ4v) is 2.26. The van der Waals surface area contributed by atoms with Crippen molar-refractivity contribution in [2.75, 3.05) is 6.61 Å². The van der Waals surface area contributed by atoms with Crippen molar-refractivity contribution >= 4 is 15.9 Å². The summed E-state index contributed by atoms with van der Waals surface area (Å²) < 4.78 is 5.86. The Hall–Kier alpha value is -0.500. The molecular formula is C13H17BrO. The van der Waals surface area contributed by atoms with Crippen LogP contribution in [0.25, 0.3) is 0 Å². The molecule has 0 saturated heterocycles. The van der Waals surface area contributed by atoms with E-state index in [0.29, 0.717) is 0 Å². The van der Waals surface area contributed by atoms with Crippen LogP contribution in [0.1, 0.15) is 30.4 Å². The zero-order valence-electron chi connectivity index (χ0n) is 9.13. The monoisotopic (exact) mass is 268 g/mol. The van der Waals surface area contributed by atoms with Crippen LogP contribution in [-0.2, 0) is 5.33 Å². The van der Waals surface area contributed by atoms with E-state index in [-0.39, 0.29) is 0 Å². The van der Waals surface area contributed by atoms with Gasteiger partial charge in [0.2, 0.25) is 0 Å². The number of hydrogen-bond donors (Lipinski definition) is 0. The van der Waals surface area contributed by atoms with Gasteiger partial charge in [0.25, 0.3) is 0 Å². The fraction of sp³-hybridized carbons (Fsp3) is 0.538. The van der Waals surface area contributed by atoms with Crippen LogP contribution >= 0.6 is 15.9 Å². The molecule has 1 aromatic carbocycles. The molecule has 0 heterocycles. The molecule has 0 aliphatic heterocycles. The van der Waals surface area contributed by atoms with E-state index in [1.807, 2.05) is 0 Å². The number of rotatable bonds is 4. The third-order valence-electron chi connectivity index (χ3n) is 3.06. The highest BCUT2D eigenvalue weighted by molar-refractivity contribution is 9.08. The van der Waals surface area contributed by atoms with Crippen LogP contribution in [-0.4, -0.2) is 6.61 Å². The lowest BCUT2D eigenvalue weighted by molar-refractivity contribution is 0.180. The predicted molar refractivity (Wildman–Crippen MR) is 66.6 cm³/mol. The van der Waals surface area contributed by atoms with Crippen molar-refractivity contribution < 1.29 is 4.74 Å². The van der Waals surface area contributed by atoms with Gasteiger partial charge in [-0.2, -0.15) is 0 Å². The molecule has 1 saturated carbocycles. The molecule has 1 fully saturated rings.